The van der Waals surface area contributed by atoms with E-state index in [-0.39, 0.29) is 11.9 Å². The molecule has 1 atom stereocenters. The fourth-order valence-corrected chi connectivity index (χ4v) is 2.60. The van der Waals surface area contributed by atoms with Gasteiger partial charge in [0.05, 0.1) is 18.3 Å². The highest BCUT2D eigenvalue weighted by Crippen LogP contribution is 2.29. The Kier molecular flexibility index (Phi) is 6.49. The normalized spacial score (nSPS) is 12.3. The Bertz CT molecular complexity index is 461. The van der Waals surface area contributed by atoms with Crippen LogP contribution in [0.2, 0.25) is 0 Å². The van der Waals surface area contributed by atoms with E-state index in [4.69, 9.17) is 0 Å². The van der Waals surface area contributed by atoms with Gasteiger partial charge in [0.25, 0.3) is 0 Å². The van der Waals surface area contributed by atoms with Gasteiger partial charge in [-0.3, -0.25) is 4.79 Å². The van der Waals surface area contributed by atoms with Crippen LogP contribution in [0.5, 0.6) is 0 Å². The highest BCUT2D eigenvalue weighted by atomic mass is 79.9. The molecule has 0 aliphatic heterocycles. The standard InChI is InChI=1S/C15H23BrN2O2/c1-5-18(9-15(20)17-10(2)3)14-7-6-12(11(4)19)8-13(14)16/h6-8,10-11,19H,5,9H2,1-4H3,(H,17,20). The number of rotatable bonds is 6. The number of carbonyl (C=O) groups is 1. The fraction of sp³-hybridized carbons (Fsp3) is 0.533. The lowest BCUT2D eigenvalue weighted by Gasteiger charge is -2.25. The van der Waals surface area contributed by atoms with Gasteiger partial charge in [-0.2, -0.15) is 0 Å². The number of halogens is 1. The summed E-state index contributed by atoms with van der Waals surface area (Å²) in [5, 5.41) is 12.5. The van der Waals surface area contributed by atoms with Gasteiger partial charge < -0.3 is 15.3 Å². The summed E-state index contributed by atoms with van der Waals surface area (Å²) in [6.07, 6.45) is -0.500. The summed E-state index contributed by atoms with van der Waals surface area (Å²) in [6.45, 7) is 8.69. The maximum absolute atomic E-state index is 11.9. The Morgan fingerprint density at radius 1 is 1.40 bits per heavy atom. The van der Waals surface area contributed by atoms with E-state index in [2.05, 4.69) is 21.2 Å². The smallest absolute Gasteiger partial charge is 0.239 e. The predicted molar refractivity (Wildman–Crippen MR) is 85.9 cm³/mol. The van der Waals surface area contributed by atoms with E-state index >= 15 is 0 Å². The minimum absolute atomic E-state index is 0.00773. The molecule has 5 heteroatoms. The van der Waals surface area contributed by atoms with Crippen LogP contribution in [0.4, 0.5) is 5.69 Å². The van der Waals surface area contributed by atoms with Gasteiger partial charge in [0.1, 0.15) is 0 Å². The molecule has 1 amide bonds. The number of hydrogen-bond acceptors (Lipinski definition) is 3. The Hall–Kier alpha value is -1.07. The maximum Gasteiger partial charge on any atom is 0.239 e. The van der Waals surface area contributed by atoms with Crippen LogP contribution in [-0.4, -0.2) is 30.1 Å². The third-order valence-electron chi connectivity index (χ3n) is 2.96. The first-order valence-electron chi connectivity index (χ1n) is 6.87. The van der Waals surface area contributed by atoms with Crippen molar-refractivity contribution in [2.45, 2.75) is 39.8 Å². The van der Waals surface area contributed by atoms with E-state index in [1.165, 1.54) is 0 Å². The number of carbonyl (C=O) groups excluding carboxylic acids is 1. The van der Waals surface area contributed by atoms with Gasteiger partial charge in [-0.15, -0.1) is 0 Å². The Morgan fingerprint density at radius 3 is 2.50 bits per heavy atom. The summed E-state index contributed by atoms with van der Waals surface area (Å²) in [7, 11) is 0. The summed E-state index contributed by atoms with van der Waals surface area (Å²) in [4.78, 5) is 13.9. The number of likely N-dealkylation sites (N-methyl/N-ethyl adjacent to an activating group) is 1. The molecule has 0 aromatic heterocycles. The van der Waals surface area contributed by atoms with E-state index in [0.29, 0.717) is 6.54 Å². The lowest BCUT2D eigenvalue weighted by atomic mass is 10.1. The van der Waals surface area contributed by atoms with Crippen LogP contribution < -0.4 is 10.2 Å². The fourth-order valence-electron chi connectivity index (χ4n) is 1.95. The predicted octanol–water partition coefficient (Wildman–Crippen LogP) is 2.85. The summed E-state index contributed by atoms with van der Waals surface area (Å²) in [6, 6.07) is 5.84. The number of anilines is 1. The summed E-state index contributed by atoms with van der Waals surface area (Å²) >= 11 is 3.51. The molecule has 0 fully saturated rings. The van der Waals surface area contributed by atoms with E-state index in [9.17, 15) is 9.90 Å². The van der Waals surface area contributed by atoms with Crippen LogP contribution in [-0.2, 0) is 4.79 Å². The van der Waals surface area contributed by atoms with Gasteiger partial charge in [-0.25, -0.2) is 0 Å². The molecule has 4 nitrogen and oxygen atoms in total. The zero-order valence-electron chi connectivity index (χ0n) is 12.5. The van der Waals surface area contributed by atoms with Crippen molar-refractivity contribution in [3.05, 3.63) is 28.2 Å². The lowest BCUT2D eigenvalue weighted by Crippen LogP contribution is -2.40. The van der Waals surface area contributed by atoms with Gasteiger partial charge >= 0.3 is 0 Å². The van der Waals surface area contributed by atoms with Gasteiger partial charge in [0.2, 0.25) is 5.91 Å². The average Bonchev–Trinajstić information content (AvgIpc) is 2.35. The zero-order valence-corrected chi connectivity index (χ0v) is 14.1. The summed E-state index contributed by atoms with van der Waals surface area (Å²) in [5.41, 5.74) is 1.80. The van der Waals surface area contributed by atoms with Crippen LogP contribution >= 0.6 is 15.9 Å². The maximum atomic E-state index is 11.9. The first-order valence-corrected chi connectivity index (χ1v) is 7.66. The van der Waals surface area contributed by atoms with E-state index in [1.807, 2.05) is 43.9 Å². The molecule has 0 aliphatic carbocycles. The molecule has 0 bridgehead atoms. The van der Waals surface area contributed by atoms with Crippen molar-refractivity contribution in [3.8, 4) is 0 Å². The number of aliphatic hydroxyl groups excluding tert-OH is 1. The molecule has 1 rings (SSSR count). The number of hydrogen-bond donors (Lipinski definition) is 2. The number of aliphatic hydroxyl groups is 1. The highest BCUT2D eigenvalue weighted by Gasteiger charge is 2.14. The molecule has 1 unspecified atom stereocenters. The molecule has 0 saturated carbocycles. The third kappa shape index (κ3) is 4.80. The van der Waals surface area contributed by atoms with Crippen molar-refractivity contribution >= 4 is 27.5 Å². The Morgan fingerprint density at radius 2 is 2.05 bits per heavy atom. The van der Waals surface area contributed by atoms with E-state index in [0.717, 1.165) is 22.3 Å². The van der Waals surface area contributed by atoms with Crippen molar-refractivity contribution in [1.29, 1.82) is 0 Å². The summed E-state index contributed by atoms with van der Waals surface area (Å²) in [5.74, 6) is 0.00773. The van der Waals surface area contributed by atoms with Crippen LogP contribution in [0.3, 0.4) is 0 Å². The largest absolute Gasteiger partial charge is 0.389 e. The number of nitrogens with zero attached hydrogens (tertiary/aromatic N) is 1. The van der Waals surface area contributed by atoms with Crippen molar-refractivity contribution < 1.29 is 9.90 Å². The molecule has 112 valence electrons. The minimum Gasteiger partial charge on any atom is -0.389 e. The van der Waals surface area contributed by atoms with Gasteiger partial charge in [-0.1, -0.05) is 6.07 Å². The quantitative estimate of drug-likeness (QED) is 0.835. The van der Waals surface area contributed by atoms with Crippen LogP contribution in [0.25, 0.3) is 0 Å². The first kappa shape index (κ1) is 17.0. The Balaban J connectivity index is 2.87. The minimum atomic E-state index is -0.500. The molecule has 0 heterocycles. The van der Waals surface area contributed by atoms with Gasteiger partial charge in [0, 0.05) is 17.1 Å². The van der Waals surface area contributed by atoms with Crippen molar-refractivity contribution in [2.75, 3.05) is 18.0 Å². The zero-order chi connectivity index (χ0) is 15.3. The topological polar surface area (TPSA) is 52.6 Å². The number of amides is 1. The SMILES string of the molecule is CCN(CC(=O)NC(C)C)c1ccc(C(C)O)cc1Br. The van der Waals surface area contributed by atoms with Crippen molar-refractivity contribution in [2.24, 2.45) is 0 Å². The lowest BCUT2D eigenvalue weighted by molar-refractivity contribution is -0.120. The highest BCUT2D eigenvalue weighted by molar-refractivity contribution is 9.10. The van der Waals surface area contributed by atoms with Gasteiger partial charge in [0.15, 0.2) is 0 Å². The molecule has 1 aromatic rings. The second kappa shape index (κ2) is 7.64. The van der Waals surface area contributed by atoms with Crippen LogP contribution in [0.1, 0.15) is 39.4 Å². The molecular weight excluding hydrogens is 320 g/mol. The van der Waals surface area contributed by atoms with E-state index in [1.54, 1.807) is 6.92 Å². The number of nitrogens with one attached hydrogen (secondary N) is 1. The van der Waals surface area contributed by atoms with Crippen LogP contribution in [0, 0.1) is 0 Å². The molecule has 0 aliphatic rings. The Labute approximate surface area is 129 Å². The van der Waals surface area contributed by atoms with E-state index < -0.39 is 6.10 Å². The molecule has 20 heavy (non-hydrogen) atoms. The summed E-state index contributed by atoms with van der Waals surface area (Å²) < 4.78 is 0.884. The monoisotopic (exact) mass is 342 g/mol. The first-order chi connectivity index (χ1) is 9.35. The second-order valence-electron chi connectivity index (χ2n) is 5.12. The molecule has 0 saturated heterocycles. The van der Waals surface area contributed by atoms with Crippen LogP contribution in [0.15, 0.2) is 22.7 Å². The van der Waals surface area contributed by atoms with Crippen molar-refractivity contribution in [3.63, 3.8) is 0 Å². The average molecular weight is 343 g/mol. The third-order valence-corrected chi connectivity index (χ3v) is 3.60. The molecule has 0 radical (unpaired) electrons. The molecular formula is C15H23BrN2O2. The molecule has 2 N–H and O–H groups in total. The number of benzene rings is 1. The van der Waals surface area contributed by atoms with Gasteiger partial charge in [-0.05, 0) is 61.3 Å². The molecule has 0 spiro atoms. The second-order valence-corrected chi connectivity index (χ2v) is 5.98. The van der Waals surface area contributed by atoms with Crippen molar-refractivity contribution in [1.82, 2.24) is 5.32 Å². The molecule has 1 aromatic carbocycles.